The number of anilines is 1. The Labute approximate surface area is 147 Å². The second-order valence-corrected chi connectivity index (χ2v) is 7.70. The molecule has 1 aliphatic carbocycles. The van der Waals surface area contributed by atoms with E-state index in [0.29, 0.717) is 5.92 Å². The largest absolute Gasteiger partial charge is 0.325 e. The number of likely N-dealkylation sites (tertiary alicyclic amines) is 1. The zero-order valence-electron chi connectivity index (χ0n) is 14.5. The normalized spacial score (nSPS) is 26.0. The van der Waals surface area contributed by atoms with Gasteiger partial charge in [-0.3, -0.25) is 9.69 Å². The van der Waals surface area contributed by atoms with Crippen LogP contribution in [0.1, 0.15) is 48.8 Å². The van der Waals surface area contributed by atoms with Crippen molar-refractivity contribution in [1.29, 1.82) is 0 Å². The number of amides is 1. The van der Waals surface area contributed by atoms with Crippen LogP contribution in [0.25, 0.3) is 0 Å². The Balaban J connectivity index is 1.37. The van der Waals surface area contributed by atoms with Gasteiger partial charge in [0.2, 0.25) is 5.91 Å². The zero-order valence-corrected chi connectivity index (χ0v) is 14.5. The van der Waals surface area contributed by atoms with E-state index in [0.717, 1.165) is 49.0 Å². The predicted molar refractivity (Wildman–Crippen MR) is 94.2 cm³/mol. The van der Waals surface area contributed by atoms with Gasteiger partial charge in [-0.1, -0.05) is 24.6 Å². The highest BCUT2D eigenvalue weighted by Gasteiger charge is 2.50. The van der Waals surface area contributed by atoms with Crippen molar-refractivity contribution in [2.45, 2.75) is 43.6 Å². The number of aromatic nitrogens is 3. The van der Waals surface area contributed by atoms with Crippen LogP contribution >= 0.6 is 0 Å². The van der Waals surface area contributed by atoms with Crippen molar-refractivity contribution in [1.82, 2.24) is 19.7 Å². The monoisotopic (exact) mass is 337 g/mol. The summed E-state index contributed by atoms with van der Waals surface area (Å²) in [6.45, 7) is 2.42. The molecule has 1 aromatic heterocycles. The molecule has 6 heteroatoms. The van der Waals surface area contributed by atoms with E-state index < -0.39 is 5.41 Å². The molecule has 0 radical (unpaired) electrons. The van der Waals surface area contributed by atoms with Crippen LogP contribution in [0.5, 0.6) is 0 Å². The van der Waals surface area contributed by atoms with Gasteiger partial charge in [0.05, 0.1) is 12.0 Å². The molecule has 130 valence electrons. The fraction of sp³-hybridized carbons (Fsp3) is 0.526. The summed E-state index contributed by atoms with van der Waals surface area (Å²) in [6.07, 6.45) is 4.63. The maximum atomic E-state index is 12.7. The maximum Gasteiger partial charge on any atom is 0.236 e. The SMILES string of the molecule is Cn1c(CN2CCC3(C2)C(=O)Nc2ccccc23)nnc1C1CCC1. The minimum absolute atomic E-state index is 0.143. The summed E-state index contributed by atoms with van der Waals surface area (Å²) in [5.41, 5.74) is 1.72. The number of carbonyl (C=O) groups excluding carboxylic acids is 1. The Bertz CT molecular complexity index is 840. The molecule has 2 aliphatic heterocycles. The number of nitrogens with one attached hydrogen (secondary N) is 1. The minimum Gasteiger partial charge on any atom is -0.325 e. The van der Waals surface area contributed by atoms with Gasteiger partial charge in [-0.25, -0.2) is 0 Å². The van der Waals surface area contributed by atoms with E-state index in [4.69, 9.17) is 0 Å². The second kappa shape index (κ2) is 5.39. The highest BCUT2D eigenvalue weighted by molar-refractivity contribution is 6.06. The molecule has 0 bridgehead atoms. The van der Waals surface area contributed by atoms with Gasteiger partial charge in [-0.05, 0) is 30.9 Å². The van der Waals surface area contributed by atoms with Crippen molar-refractivity contribution >= 4 is 11.6 Å². The highest BCUT2D eigenvalue weighted by atomic mass is 16.2. The smallest absolute Gasteiger partial charge is 0.236 e. The van der Waals surface area contributed by atoms with Gasteiger partial charge < -0.3 is 9.88 Å². The third-order valence-electron chi connectivity index (χ3n) is 6.31. The molecule has 2 fully saturated rings. The van der Waals surface area contributed by atoms with Gasteiger partial charge in [0, 0.05) is 31.7 Å². The van der Waals surface area contributed by atoms with E-state index in [1.165, 1.54) is 19.3 Å². The zero-order chi connectivity index (χ0) is 17.0. The second-order valence-electron chi connectivity index (χ2n) is 7.70. The van der Waals surface area contributed by atoms with Crippen LogP contribution in [-0.4, -0.2) is 38.7 Å². The Morgan fingerprint density at radius 1 is 1.28 bits per heavy atom. The van der Waals surface area contributed by atoms with E-state index in [1.54, 1.807) is 0 Å². The molecule has 6 nitrogen and oxygen atoms in total. The van der Waals surface area contributed by atoms with Gasteiger partial charge in [0.15, 0.2) is 0 Å². The van der Waals surface area contributed by atoms with Crippen molar-refractivity contribution in [3.8, 4) is 0 Å². The summed E-state index contributed by atoms with van der Waals surface area (Å²) < 4.78 is 2.16. The number of rotatable bonds is 3. The molecule has 1 unspecified atom stereocenters. The third-order valence-corrected chi connectivity index (χ3v) is 6.31. The van der Waals surface area contributed by atoms with Crippen LogP contribution in [-0.2, 0) is 23.8 Å². The molecule has 2 aromatic rings. The minimum atomic E-state index is -0.397. The fourth-order valence-corrected chi connectivity index (χ4v) is 4.54. The van der Waals surface area contributed by atoms with Crippen molar-refractivity contribution in [3.05, 3.63) is 41.5 Å². The Hall–Kier alpha value is -2.21. The summed E-state index contributed by atoms with van der Waals surface area (Å²) >= 11 is 0. The molecule has 1 spiro atoms. The first-order chi connectivity index (χ1) is 12.2. The molecule has 1 aromatic carbocycles. The lowest BCUT2D eigenvalue weighted by Crippen LogP contribution is -2.37. The summed E-state index contributed by atoms with van der Waals surface area (Å²) in [7, 11) is 2.08. The number of para-hydroxylation sites is 1. The van der Waals surface area contributed by atoms with Crippen LogP contribution < -0.4 is 5.32 Å². The van der Waals surface area contributed by atoms with Crippen molar-refractivity contribution in [3.63, 3.8) is 0 Å². The van der Waals surface area contributed by atoms with E-state index in [2.05, 4.69) is 38.1 Å². The molecule has 25 heavy (non-hydrogen) atoms. The first-order valence-corrected chi connectivity index (χ1v) is 9.19. The number of hydrogen-bond acceptors (Lipinski definition) is 4. The van der Waals surface area contributed by atoms with Gasteiger partial charge in [-0.15, -0.1) is 10.2 Å². The van der Waals surface area contributed by atoms with Crippen molar-refractivity contribution in [2.75, 3.05) is 18.4 Å². The van der Waals surface area contributed by atoms with Gasteiger partial charge >= 0.3 is 0 Å². The molecule has 1 saturated heterocycles. The average Bonchev–Trinajstić information content (AvgIpc) is 3.21. The average molecular weight is 337 g/mol. The molecular formula is C19H23N5O. The Morgan fingerprint density at radius 3 is 2.92 bits per heavy atom. The lowest BCUT2D eigenvalue weighted by molar-refractivity contribution is -0.120. The van der Waals surface area contributed by atoms with Crippen LogP contribution in [0, 0.1) is 0 Å². The lowest BCUT2D eigenvalue weighted by atomic mass is 9.81. The number of benzene rings is 1. The maximum absolute atomic E-state index is 12.7. The first kappa shape index (κ1) is 15.1. The van der Waals surface area contributed by atoms with Crippen molar-refractivity contribution in [2.24, 2.45) is 7.05 Å². The molecule has 1 saturated carbocycles. The van der Waals surface area contributed by atoms with Gasteiger partial charge in [0.1, 0.15) is 11.6 Å². The van der Waals surface area contributed by atoms with E-state index >= 15 is 0 Å². The summed E-state index contributed by atoms with van der Waals surface area (Å²) in [5, 5.41) is 11.9. The quantitative estimate of drug-likeness (QED) is 0.932. The number of nitrogens with zero attached hydrogens (tertiary/aromatic N) is 4. The molecule has 1 amide bonds. The summed E-state index contributed by atoms with van der Waals surface area (Å²) in [5.74, 6) is 2.86. The molecular weight excluding hydrogens is 314 g/mol. The Kier molecular flexibility index (Phi) is 3.25. The van der Waals surface area contributed by atoms with Crippen LogP contribution in [0.2, 0.25) is 0 Å². The lowest BCUT2D eigenvalue weighted by Gasteiger charge is -2.24. The topological polar surface area (TPSA) is 63.1 Å². The fourth-order valence-electron chi connectivity index (χ4n) is 4.54. The van der Waals surface area contributed by atoms with E-state index in [1.807, 2.05) is 18.2 Å². The first-order valence-electron chi connectivity index (χ1n) is 9.19. The summed E-state index contributed by atoms with van der Waals surface area (Å²) in [4.78, 5) is 15.0. The Morgan fingerprint density at radius 2 is 2.12 bits per heavy atom. The van der Waals surface area contributed by atoms with E-state index in [-0.39, 0.29) is 5.91 Å². The standard InChI is InChI=1S/C19H23N5O/c1-23-16(21-22-17(23)13-5-4-6-13)11-24-10-9-19(12-24)14-7-2-3-8-15(14)20-18(19)25/h2-3,7-8,13H,4-6,9-12H2,1H3,(H,20,25). The highest BCUT2D eigenvalue weighted by Crippen LogP contribution is 2.44. The number of carbonyl (C=O) groups is 1. The molecule has 3 aliphatic rings. The summed E-state index contributed by atoms with van der Waals surface area (Å²) in [6, 6.07) is 8.09. The number of hydrogen-bond donors (Lipinski definition) is 1. The van der Waals surface area contributed by atoms with Crippen LogP contribution in [0.4, 0.5) is 5.69 Å². The molecule has 5 rings (SSSR count). The molecule has 1 atom stereocenters. The van der Waals surface area contributed by atoms with Crippen LogP contribution in [0.15, 0.2) is 24.3 Å². The van der Waals surface area contributed by atoms with Crippen molar-refractivity contribution < 1.29 is 4.79 Å². The van der Waals surface area contributed by atoms with Gasteiger partial charge in [-0.2, -0.15) is 0 Å². The number of fused-ring (bicyclic) bond motifs is 2. The van der Waals surface area contributed by atoms with Gasteiger partial charge in [0.25, 0.3) is 0 Å². The molecule has 1 N–H and O–H groups in total. The van der Waals surface area contributed by atoms with E-state index in [9.17, 15) is 4.79 Å². The molecule has 3 heterocycles. The van der Waals surface area contributed by atoms with Crippen LogP contribution in [0.3, 0.4) is 0 Å². The third kappa shape index (κ3) is 2.16. The predicted octanol–water partition coefficient (Wildman–Crippen LogP) is 2.18.